The Kier molecular flexibility index (Phi) is 5.50. The molecule has 0 bridgehead atoms. The topological polar surface area (TPSA) is 82.1 Å². The third-order valence-electron chi connectivity index (χ3n) is 3.09. The highest BCUT2D eigenvalue weighted by Gasteiger charge is 2.39. The van der Waals surface area contributed by atoms with E-state index in [1.807, 2.05) is 0 Å². The van der Waals surface area contributed by atoms with E-state index in [1.54, 1.807) is 6.92 Å². The van der Waals surface area contributed by atoms with E-state index in [0.717, 1.165) is 6.42 Å². The van der Waals surface area contributed by atoms with Crippen molar-refractivity contribution in [2.75, 3.05) is 19.8 Å². The van der Waals surface area contributed by atoms with E-state index in [2.05, 4.69) is 6.58 Å². The van der Waals surface area contributed by atoms with Crippen LogP contribution in [0.5, 0.6) is 0 Å². The molecule has 1 aliphatic rings. The molecule has 1 atom stereocenters. The lowest BCUT2D eigenvalue weighted by molar-refractivity contribution is -0.287. The number of carbonyl (C=O) groups is 2. The van der Waals surface area contributed by atoms with Crippen LogP contribution >= 0.6 is 0 Å². The maximum absolute atomic E-state index is 10.9. The van der Waals surface area contributed by atoms with E-state index < -0.39 is 23.6 Å². The number of carbonyl (C=O) groups excluding carboxylic acids is 1. The van der Waals surface area contributed by atoms with Gasteiger partial charge in [-0.05, 0) is 19.8 Å². The standard InChI is InChI=1S/C13H20O6/c1-9(12(15)16)7-11(8-17-10(2)14)13(3)18-5-4-6-19-13/h11H,1,4-8H2,2-3H3,(H,15,16). The van der Waals surface area contributed by atoms with E-state index in [1.165, 1.54) is 6.92 Å². The molecule has 1 heterocycles. The first kappa shape index (κ1) is 15.7. The third kappa shape index (κ3) is 4.65. The van der Waals surface area contributed by atoms with Crippen molar-refractivity contribution in [1.82, 2.24) is 0 Å². The maximum Gasteiger partial charge on any atom is 0.330 e. The number of hydrogen-bond acceptors (Lipinski definition) is 5. The van der Waals surface area contributed by atoms with Crippen LogP contribution in [0.4, 0.5) is 0 Å². The largest absolute Gasteiger partial charge is 0.478 e. The predicted octanol–water partition coefficient (Wildman–Crippen LogP) is 1.35. The molecule has 1 N–H and O–H groups in total. The first-order valence-electron chi connectivity index (χ1n) is 6.17. The minimum absolute atomic E-state index is 0.0381. The molecule has 0 amide bonds. The maximum atomic E-state index is 10.9. The van der Waals surface area contributed by atoms with Crippen molar-refractivity contribution in [1.29, 1.82) is 0 Å². The van der Waals surface area contributed by atoms with Gasteiger partial charge in [-0.3, -0.25) is 4.79 Å². The molecule has 1 rings (SSSR count). The average molecular weight is 272 g/mol. The molecular formula is C13H20O6. The van der Waals surface area contributed by atoms with E-state index in [-0.39, 0.29) is 18.6 Å². The molecule has 0 spiro atoms. The van der Waals surface area contributed by atoms with Gasteiger partial charge in [0.1, 0.15) is 0 Å². The molecule has 6 heteroatoms. The van der Waals surface area contributed by atoms with Crippen LogP contribution in [0.3, 0.4) is 0 Å². The zero-order valence-corrected chi connectivity index (χ0v) is 11.3. The van der Waals surface area contributed by atoms with Crippen LogP contribution < -0.4 is 0 Å². The first-order valence-corrected chi connectivity index (χ1v) is 6.17. The smallest absolute Gasteiger partial charge is 0.330 e. The van der Waals surface area contributed by atoms with Crippen molar-refractivity contribution in [3.8, 4) is 0 Å². The monoisotopic (exact) mass is 272 g/mol. The lowest BCUT2D eigenvalue weighted by atomic mass is 9.92. The Morgan fingerprint density at radius 3 is 2.47 bits per heavy atom. The van der Waals surface area contributed by atoms with E-state index >= 15 is 0 Å². The second kappa shape index (κ2) is 6.68. The molecule has 1 unspecified atom stereocenters. The van der Waals surface area contributed by atoms with Gasteiger partial charge >= 0.3 is 11.9 Å². The molecule has 0 radical (unpaired) electrons. The molecule has 1 aliphatic heterocycles. The molecule has 1 saturated heterocycles. The molecule has 0 aromatic carbocycles. The molecule has 0 aromatic rings. The fourth-order valence-electron chi connectivity index (χ4n) is 1.88. The molecular weight excluding hydrogens is 252 g/mol. The van der Waals surface area contributed by atoms with Crippen molar-refractivity contribution in [3.63, 3.8) is 0 Å². The van der Waals surface area contributed by atoms with Gasteiger partial charge in [0.2, 0.25) is 0 Å². The highest BCUT2D eigenvalue weighted by atomic mass is 16.7. The van der Waals surface area contributed by atoms with Gasteiger partial charge in [0.25, 0.3) is 0 Å². The van der Waals surface area contributed by atoms with Crippen LogP contribution in [0.15, 0.2) is 12.2 Å². The number of rotatable bonds is 6. The van der Waals surface area contributed by atoms with Gasteiger partial charge in [0.05, 0.1) is 25.7 Å². The van der Waals surface area contributed by atoms with Crippen molar-refractivity contribution < 1.29 is 28.9 Å². The molecule has 108 valence electrons. The Hall–Kier alpha value is -1.40. The van der Waals surface area contributed by atoms with E-state index in [0.29, 0.717) is 13.2 Å². The van der Waals surface area contributed by atoms with Crippen LogP contribution in [0, 0.1) is 5.92 Å². The highest BCUT2D eigenvalue weighted by molar-refractivity contribution is 5.85. The second-order valence-electron chi connectivity index (χ2n) is 4.68. The molecule has 6 nitrogen and oxygen atoms in total. The fraction of sp³-hybridized carbons (Fsp3) is 0.692. The minimum Gasteiger partial charge on any atom is -0.478 e. The molecule has 19 heavy (non-hydrogen) atoms. The van der Waals surface area contributed by atoms with Crippen LogP contribution in [-0.4, -0.2) is 42.7 Å². The molecule has 0 saturated carbocycles. The Morgan fingerprint density at radius 2 is 2.00 bits per heavy atom. The third-order valence-corrected chi connectivity index (χ3v) is 3.09. The number of hydrogen-bond donors (Lipinski definition) is 1. The van der Waals surface area contributed by atoms with Crippen molar-refractivity contribution >= 4 is 11.9 Å². The van der Waals surface area contributed by atoms with Gasteiger partial charge in [-0.25, -0.2) is 4.79 Å². The number of aliphatic carboxylic acids is 1. The predicted molar refractivity (Wildman–Crippen MR) is 66.4 cm³/mol. The fourth-order valence-corrected chi connectivity index (χ4v) is 1.88. The van der Waals surface area contributed by atoms with Gasteiger partial charge in [0.15, 0.2) is 5.79 Å². The number of esters is 1. The van der Waals surface area contributed by atoms with Crippen LogP contribution in [0.25, 0.3) is 0 Å². The molecule has 0 aliphatic carbocycles. The van der Waals surface area contributed by atoms with Gasteiger partial charge in [-0.1, -0.05) is 6.58 Å². The SMILES string of the molecule is C=C(CC(COC(C)=O)C1(C)OCCCO1)C(=O)O. The summed E-state index contributed by atoms with van der Waals surface area (Å²) in [4.78, 5) is 21.8. The summed E-state index contributed by atoms with van der Waals surface area (Å²) < 4.78 is 16.2. The zero-order valence-electron chi connectivity index (χ0n) is 11.3. The number of carboxylic acids is 1. The summed E-state index contributed by atoms with van der Waals surface area (Å²) in [5, 5.41) is 8.90. The normalized spacial score (nSPS) is 19.5. The Balaban J connectivity index is 2.74. The quantitative estimate of drug-likeness (QED) is 0.580. The van der Waals surface area contributed by atoms with Crippen molar-refractivity contribution in [2.45, 2.75) is 32.5 Å². The Labute approximate surface area is 112 Å². The number of carboxylic acid groups (broad SMARTS) is 1. The molecule has 1 fully saturated rings. The van der Waals surface area contributed by atoms with Gasteiger partial charge in [-0.15, -0.1) is 0 Å². The van der Waals surface area contributed by atoms with Crippen LogP contribution in [-0.2, 0) is 23.8 Å². The number of ether oxygens (including phenoxy) is 3. The summed E-state index contributed by atoms with van der Waals surface area (Å²) in [6.07, 6.45) is 0.925. The summed E-state index contributed by atoms with van der Waals surface area (Å²) in [6, 6.07) is 0. The first-order chi connectivity index (χ1) is 8.85. The van der Waals surface area contributed by atoms with Crippen molar-refractivity contribution in [3.05, 3.63) is 12.2 Å². The molecule has 0 aromatic heterocycles. The Bertz CT molecular complexity index is 356. The summed E-state index contributed by atoms with van der Waals surface area (Å²) >= 11 is 0. The lowest BCUT2D eigenvalue weighted by Gasteiger charge is -2.40. The van der Waals surface area contributed by atoms with Crippen LogP contribution in [0.2, 0.25) is 0 Å². The summed E-state index contributed by atoms with van der Waals surface area (Å²) in [5.41, 5.74) is 0.0381. The van der Waals surface area contributed by atoms with Crippen LogP contribution in [0.1, 0.15) is 26.7 Å². The summed E-state index contributed by atoms with van der Waals surface area (Å²) in [7, 11) is 0. The zero-order chi connectivity index (χ0) is 14.5. The average Bonchev–Trinajstić information content (AvgIpc) is 2.34. The highest BCUT2D eigenvalue weighted by Crippen LogP contribution is 2.31. The van der Waals surface area contributed by atoms with E-state index in [4.69, 9.17) is 19.3 Å². The summed E-state index contributed by atoms with van der Waals surface area (Å²) in [5.74, 6) is -2.86. The Morgan fingerprint density at radius 1 is 1.42 bits per heavy atom. The summed E-state index contributed by atoms with van der Waals surface area (Å²) in [6.45, 7) is 7.64. The van der Waals surface area contributed by atoms with Crippen molar-refractivity contribution in [2.24, 2.45) is 5.92 Å². The second-order valence-corrected chi connectivity index (χ2v) is 4.68. The van der Waals surface area contributed by atoms with Gasteiger partial charge in [-0.2, -0.15) is 0 Å². The minimum atomic E-state index is -1.08. The van der Waals surface area contributed by atoms with Gasteiger partial charge < -0.3 is 19.3 Å². The van der Waals surface area contributed by atoms with Gasteiger partial charge in [0, 0.05) is 12.5 Å². The van der Waals surface area contributed by atoms with E-state index in [9.17, 15) is 9.59 Å². The lowest BCUT2D eigenvalue weighted by Crippen LogP contribution is -2.46.